The predicted octanol–water partition coefficient (Wildman–Crippen LogP) is 3.41. The molecule has 5 nitrogen and oxygen atoms in total. The second kappa shape index (κ2) is 6.81. The Morgan fingerprint density at radius 1 is 1.16 bits per heavy atom. The lowest BCUT2D eigenvalue weighted by Crippen LogP contribution is -2.39. The van der Waals surface area contributed by atoms with Gasteiger partial charge in [-0.15, -0.1) is 0 Å². The van der Waals surface area contributed by atoms with Gasteiger partial charge in [0.2, 0.25) is 0 Å². The summed E-state index contributed by atoms with van der Waals surface area (Å²) < 4.78 is 6.18. The van der Waals surface area contributed by atoms with Crippen molar-refractivity contribution in [2.75, 3.05) is 11.4 Å². The van der Waals surface area contributed by atoms with Gasteiger partial charge in [-0.25, -0.2) is 4.79 Å². The Bertz CT molecular complexity index is 842. The topological polar surface area (TPSA) is 66.8 Å². The van der Waals surface area contributed by atoms with E-state index in [1.54, 1.807) is 4.90 Å². The first-order valence-electron chi connectivity index (χ1n) is 8.01. The smallest absolute Gasteiger partial charge is 0.328 e. The number of ether oxygens (including phenoxy) is 1. The number of amides is 1. The van der Waals surface area contributed by atoms with Crippen molar-refractivity contribution >= 4 is 17.6 Å². The van der Waals surface area contributed by atoms with Crippen LogP contribution in [0.1, 0.15) is 22.8 Å². The molecular formula is C20H19NO4. The Hall–Kier alpha value is -3.08. The van der Waals surface area contributed by atoms with E-state index in [4.69, 9.17) is 9.84 Å². The fourth-order valence-electron chi connectivity index (χ4n) is 3.01. The standard InChI is InChI=1S/C20H19NO4/c1-13-10-14(2)20-16(11-13)21(18(22)8-9-19(23)24)12-17(25-20)15-6-4-3-5-7-15/h3-11,17H,12H2,1-2H3,(H,23,24)/b9-8+. The molecule has 25 heavy (non-hydrogen) atoms. The largest absolute Gasteiger partial charge is 0.481 e. The lowest BCUT2D eigenvalue weighted by Gasteiger charge is -2.35. The number of carboxylic acid groups (broad SMARTS) is 1. The van der Waals surface area contributed by atoms with Crippen LogP contribution in [0.15, 0.2) is 54.6 Å². The van der Waals surface area contributed by atoms with Crippen LogP contribution >= 0.6 is 0 Å². The number of aliphatic carboxylic acids is 1. The molecule has 0 saturated carbocycles. The highest BCUT2D eigenvalue weighted by molar-refractivity contribution is 6.05. The zero-order chi connectivity index (χ0) is 18.0. The minimum absolute atomic E-state index is 0.308. The van der Waals surface area contributed by atoms with Gasteiger partial charge in [0, 0.05) is 12.2 Å². The molecule has 1 aliphatic rings. The second-order valence-electron chi connectivity index (χ2n) is 6.07. The van der Waals surface area contributed by atoms with Crippen molar-refractivity contribution < 1.29 is 19.4 Å². The van der Waals surface area contributed by atoms with Gasteiger partial charge in [0.25, 0.3) is 5.91 Å². The highest BCUT2D eigenvalue weighted by Crippen LogP contribution is 2.41. The van der Waals surface area contributed by atoms with Crippen molar-refractivity contribution in [3.63, 3.8) is 0 Å². The third-order valence-corrected chi connectivity index (χ3v) is 4.10. The molecule has 1 atom stereocenters. The quantitative estimate of drug-likeness (QED) is 0.872. The summed E-state index contributed by atoms with van der Waals surface area (Å²) in [4.78, 5) is 24.9. The first-order chi connectivity index (χ1) is 12.0. The summed E-state index contributed by atoms with van der Waals surface area (Å²) in [6, 6.07) is 13.6. The van der Waals surface area contributed by atoms with Crippen LogP contribution in [0.4, 0.5) is 5.69 Å². The molecule has 1 aliphatic heterocycles. The van der Waals surface area contributed by atoms with Gasteiger partial charge in [0.05, 0.1) is 12.2 Å². The van der Waals surface area contributed by atoms with Crippen molar-refractivity contribution in [1.82, 2.24) is 0 Å². The molecule has 2 aromatic carbocycles. The van der Waals surface area contributed by atoms with Crippen LogP contribution < -0.4 is 9.64 Å². The fourth-order valence-corrected chi connectivity index (χ4v) is 3.01. The summed E-state index contributed by atoms with van der Waals surface area (Å²) in [6.07, 6.45) is 1.63. The molecule has 1 amide bonds. The maximum Gasteiger partial charge on any atom is 0.328 e. The third kappa shape index (κ3) is 3.55. The Morgan fingerprint density at radius 2 is 1.88 bits per heavy atom. The number of rotatable bonds is 3. The van der Waals surface area contributed by atoms with Crippen LogP contribution in [-0.4, -0.2) is 23.5 Å². The van der Waals surface area contributed by atoms with Crippen LogP contribution in [0.5, 0.6) is 5.75 Å². The predicted molar refractivity (Wildman–Crippen MR) is 94.9 cm³/mol. The molecule has 0 aromatic heterocycles. The third-order valence-electron chi connectivity index (χ3n) is 4.10. The van der Waals surface area contributed by atoms with Crippen molar-refractivity contribution in [3.05, 3.63) is 71.3 Å². The SMILES string of the molecule is Cc1cc(C)c2c(c1)N(C(=O)/C=C/C(=O)O)CC(c1ccccc1)O2. The normalized spacial score (nSPS) is 16.4. The van der Waals surface area contributed by atoms with Gasteiger partial charge in [-0.3, -0.25) is 4.79 Å². The van der Waals surface area contributed by atoms with Crippen LogP contribution in [0, 0.1) is 13.8 Å². The number of hydrogen-bond donors (Lipinski definition) is 1. The molecule has 1 N–H and O–H groups in total. The first-order valence-corrected chi connectivity index (χ1v) is 8.01. The number of hydrogen-bond acceptors (Lipinski definition) is 3. The van der Waals surface area contributed by atoms with Gasteiger partial charge in [0.15, 0.2) is 0 Å². The summed E-state index contributed by atoms with van der Waals surface area (Å²) in [6.45, 7) is 4.21. The zero-order valence-electron chi connectivity index (χ0n) is 14.1. The molecule has 0 radical (unpaired) electrons. The Morgan fingerprint density at radius 3 is 2.56 bits per heavy atom. The lowest BCUT2D eigenvalue weighted by atomic mass is 10.0. The highest BCUT2D eigenvalue weighted by atomic mass is 16.5. The van der Waals surface area contributed by atoms with Crippen LogP contribution in [0.2, 0.25) is 0 Å². The molecule has 1 heterocycles. The maximum absolute atomic E-state index is 12.6. The molecule has 3 rings (SSSR count). The monoisotopic (exact) mass is 337 g/mol. The van der Waals surface area contributed by atoms with E-state index in [2.05, 4.69) is 0 Å². The molecule has 5 heteroatoms. The maximum atomic E-state index is 12.6. The molecule has 0 aliphatic carbocycles. The molecule has 0 fully saturated rings. The lowest BCUT2D eigenvalue weighted by molar-refractivity contribution is -0.131. The van der Waals surface area contributed by atoms with E-state index in [0.717, 1.165) is 28.8 Å². The summed E-state index contributed by atoms with van der Waals surface area (Å²) in [5.74, 6) is -0.873. The van der Waals surface area contributed by atoms with Crippen LogP contribution in [0.25, 0.3) is 0 Å². The molecule has 2 aromatic rings. The van der Waals surface area contributed by atoms with Crippen molar-refractivity contribution in [2.45, 2.75) is 20.0 Å². The summed E-state index contributed by atoms with van der Waals surface area (Å²) in [5.41, 5.74) is 3.59. The molecular weight excluding hydrogens is 318 g/mol. The van der Waals surface area contributed by atoms with Crippen LogP contribution in [-0.2, 0) is 9.59 Å². The van der Waals surface area contributed by atoms with Crippen molar-refractivity contribution in [2.24, 2.45) is 0 Å². The van der Waals surface area contributed by atoms with Crippen molar-refractivity contribution in [1.29, 1.82) is 0 Å². The summed E-state index contributed by atoms with van der Waals surface area (Å²) in [7, 11) is 0. The summed E-state index contributed by atoms with van der Waals surface area (Å²) >= 11 is 0. The number of carbonyl (C=O) groups excluding carboxylic acids is 1. The number of fused-ring (bicyclic) bond motifs is 1. The van der Waals surface area contributed by atoms with E-state index in [0.29, 0.717) is 18.0 Å². The molecule has 128 valence electrons. The Kier molecular flexibility index (Phi) is 4.57. The number of carboxylic acids is 1. The average molecular weight is 337 g/mol. The Balaban J connectivity index is 2.04. The minimum Gasteiger partial charge on any atom is -0.481 e. The Labute approximate surface area is 146 Å². The van der Waals surface area contributed by atoms with E-state index in [1.165, 1.54) is 0 Å². The highest BCUT2D eigenvalue weighted by Gasteiger charge is 2.31. The number of carbonyl (C=O) groups is 2. The van der Waals surface area contributed by atoms with Crippen LogP contribution in [0.3, 0.4) is 0 Å². The van der Waals surface area contributed by atoms with Gasteiger partial charge < -0.3 is 14.7 Å². The van der Waals surface area contributed by atoms with Gasteiger partial charge in [-0.2, -0.15) is 0 Å². The van der Waals surface area contributed by atoms with Crippen molar-refractivity contribution in [3.8, 4) is 5.75 Å². The first kappa shape index (κ1) is 16.8. The number of aryl methyl sites for hydroxylation is 2. The molecule has 0 spiro atoms. The molecule has 1 unspecified atom stereocenters. The summed E-state index contributed by atoms with van der Waals surface area (Å²) in [5, 5.41) is 8.79. The number of anilines is 1. The van der Waals surface area contributed by atoms with E-state index >= 15 is 0 Å². The fraction of sp³-hybridized carbons (Fsp3) is 0.200. The minimum atomic E-state index is -1.15. The second-order valence-corrected chi connectivity index (χ2v) is 6.07. The molecule has 0 saturated heterocycles. The zero-order valence-corrected chi connectivity index (χ0v) is 14.1. The molecule has 0 bridgehead atoms. The number of nitrogens with zero attached hydrogens (tertiary/aromatic N) is 1. The average Bonchev–Trinajstić information content (AvgIpc) is 2.59. The van der Waals surface area contributed by atoms with E-state index in [-0.39, 0.29) is 12.0 Å². The number of benzene rings is 2. The van der Waals surface area contributed by atoms with Gasteiger partial charge in [-0.1, -0.05) is 36.4 Å². The van der Waals surface area contributed by atoms with E-state index in [1.807, 2.05) is 56.3 Å². The van der Waals surface area contributed by atoms with Gasteiger partial charge in [0.1, 0.15) is 11.9 Å². The van der Waals surface area contributed by atoms with E-state index < -0.39 is 5.97 Å². The van der Waals surface area contributed by atoms with Gasteiger partial charge in [-0.05, 0) is 36.6 Å². The van der Waals surface area contributed by atoms with E-state index in [9.17, 15) is 9.59 Å². The van der Waals surface area contributed by atoms with Gasteiger partial charge >= 0.3 is 5.97 Å².